The van der Waals surface area contributed by atoms with E-state index in [1.54, 1.807) is 6.08 Å². The second kappa shape index (κ2) is 8.51. The van der Waals surface area contributed by atoms with Crippen LogP contribution in [0.2, 0.25) is 0 Å². The van der Waals surface area contributed by atoms with E-state index in [2.05, 4.69) is 12.2 Å². The highest BCUT2D eigenvalue weighted by Gasteiger charge is 2.19. The second-order valence-corrected chi connectivity index (χ2v) is 4.66. The van der Waals surface area contributed by atoms with Crippen molar-refractivity contribution >= 4 is 5.78 Å². The lowest BCUT2D eigenvalue weighted by Crippen LogP contribution is -2.29. The number of allylic oxidation sites excluding steroid dienone is 1. The van der Waals surface area contributed by atoms with Crippen LogP contribution in [0.4, 0.5) is 0 Å². The van der Waals surface area contributed by atoms with E-state index in [0.29, 0.717) is 0 Å². The minimum Gasteiger partial charge on any atom is -0.307 e. The van der Waals surface area contributed by atoms with Crippen LogP contribution in [0.3, 0.4) is 0 Å². The molecule has 0 radical (unpaired) electrons. The van der Waals surface area contributed by atoms with Crippen LogP contribution in [0.1, 0.15) is 58.3 Å². The van der Waals surface area contributed by atoms with E-state index in [1.807, 2.05) is 6.08 Å². The minimum absolute atomic E-state index is 0.108. The molecule has 1 atom stereocenters. The van der Waals surface area contributed by atoms with Crippen LogP contribution in [-0.4, -0.2) is 18.4 Å². The van der Waals surface area contributed by atoms with E-state index in [-0.39, 0.29) is 11.8 Å². The third-order valence-corrected chi connectivity index (χ3v) is 3.16. The molecule has 1 aliphatic rings. The molecule has 0 spiro atoms. The predicted octanol–water partition coefficient (Wildman–Crippen LogP) is 3.22. The van der Waals surface area contributed by atoms with Crippen molar-refractivity contribution in [3.05, 3.63) is 12.2 Å². The molecule has 0 aromatic rings. The molecule has 0 saturated carbocycles. The summed E-state index contributed by atoms with van der Waals surface area (Å²) in [5.74, 6) is 0.269. The van der Waals surface area contributed by atoms with Gasteiger partial charge in [0.15, 0.2) is 5.78 Å². The topological polar surface area (TPSA) is 29.1 Å². The summed E-state index contributed by atoms with van der Waals surface area (Å²) in [5.41, 5.74) is 0. The quantitative estimate of drug-likeness (QED) is 0.505. The summed E-state index contributed by atoms with van der Waals surface area (Å²) < 4.78 is 0. The number of hydrogen-bond donors (Lipinski definition) is 1. The minimum atomic E-state index is 0.108. The van der Waals surface area contributed by atoms with Crippen LogP contribution >= 0.6 is 0 Å². The Bertz CT molecular complexity index is 217. The summed E-state index contributed by atoms with van der Waals surface area (Å²) in [6.45, 7) is 3.23. The molecule has 1 unspecified atom stereocenters. The first-order valence-corrected chi connectivity index (χ1v) is 6.78. The van der Waals surface area contributed by atoms with Gasteiger partial charge >= 0.3 is 0 Å². The number of nitrogens with one attached hydrogen (secondary N) is 1. The summed E-state index contributed by atoms with van der Waals surface area (Å²) >= 11 is 0. The average Bonchev–Trinajstić information content (AvgIpc) is 2.81. The number of carbonyl (C=O) groups is 1. The zero-order valence-electron chi connectivity index (χ0n) is 10.5. The van der Waals surface area contributed by atoms with Crippen molar-refractivity contribution in [1.82, 2.24) is 5.32 Å². The molecule has 2 heteroatoms. The Hall–Kier alpha value is -0.630. The highest BCUT2D eigenvalue weighted by atomic mass is 16.1. The molecule has 92 valence electrons. The first-order valence-electron chi connectivity index (χ1n) is 6.78. The predicted molar refractivity (Wildman–Crippen MR) is 68.5 cm³/mol. The molecular formula is C14H25NO. The van der Waals surface area contributed by atoms with Gasteiger partial charge in [-0.05, 0) is 38.3 Å². The zero-order valence-corrected chi connectivity index (χ0v) is 10.5. The Morgan fingerprint density at radius 2 is 2.12 bits per heavy atom. The van der Waals surface area contributed by atoms with Gasteiger partial charge in [-0.25, -0.2) is 0 Å². The Morgan fingerprint density at radius 1 is 1.31 bits per heavy atom. The number of hydrogen-bond acceptors (Lipinski definition) is 2. The molecule has 1 rings (SSSR count). The fraction of sp³-hybridized carbons (Fsp3) is 0.786. The number of rotatable bonds is 8. The van der Waals surface area contributed by atoms with Crippen LogP contribution in [0.5, 0.6) is 0 Å². The molecule has 1 fully saturated rings. The lowest BCUT2D eigenvalue weighted by molar-refractivity contribution is -0.116. The number of ketones is 1. The lowest BCUT2D eigenvalue weighted by Gasteiger charge is -2.03. The van der Waals surface area contributed by atoms with E-state index in [9.17, 15) is 4.79 Å². The second-order valence-electron chi connectivity index (χ2n) is 4.66. The van der Waals surface area contributed by atoms with Crippen LogP contribution < -0.4 is 5.32 Å². The van der Waals surface area contributed by atoms with Crippen molar-refractivity contribution in [2.24, 2.45) is 0 Å². The zero-order chi connectivity index (χ0) is 11.6. The average molecular weight is 223 g/mol. The Kier molecular flexibility index (Phi) is 7.15. The highest BCUT2D eigenvalue weighted by Crippen LogP contribution is 2.08. The SMILES string of the molecule is CCCCCCC/C=C/C(=O)C1CCCN1. The van der Waals surface area contributed by atoms with Gasteiger partial charge in [0.05, 0.1) is 6.04 Å². The summed E-state index contributed by atoms with van der Waals surface area (Å²) in [7, 11) is 0. The van der Waals surface area contributed by atoms with Gasteiger partial charge in [-0.3, -0.25) is 4.79 Å². The van der Waals surface area contributed by atoms with Gasteiger partial charge in [-0.15, -0.1) is 0 Å². The Balaban J connectivity index is 2.00. The van der Waals surface area contributed by atoms with E-state index in [4.69, 9.17) is 0 Å². The van der Waals surface area contributed by atoms with Crippen LogP contribution in [0.25, 0.3) is 0 Å². The van der Waals surface area contributed by atoms with Gasteiger partial charge in [-0.1, -0.05) is 38.7 Å². The maximum Gasteiger partial charge on any atom is 0.172 e. The molecule has 0 aromatic heterocycles. The molecule has 0 bridgehead atoms. The molecule has 1 N–H and O–H groups in total. The molecule has 2 nitrogen and oxygen atoms in total. The Labute approximate surface area is 99.5 Å². The van der Waals surface area contributed by atoms with Crippen molar-refractivity contribution in [3.63, 3.8) is 0 Å². The van der Waals surface area contributed by atoms with E-state index in [0.717, 1.165) is 25.8 Å². The highest BCUT2D eigenvalue weighted by molar-refractivity contribution is 5.94. The van der Waals surface area contributed by atoms with Gasteiger partial charge in [0.1, 0.15) is 0 Å². The van der Waals surface area contributed by atoms with Gasteiger partial charge in [0.25, 0.3) is 0 Å². The van der Waals surface area contributed by atoms with Gasteiger partial charge in [0.2, 0.25) is 0 Å². The maximum atomic E-state index is 11.6. The number of unbranched alkanes of at least 4 members (excludes halogenated alkanes) is 5. The first kappa shape index (κ1) is 13.4. The fourth-order valence-corrected chi connectivity index (χ4v) is 2.11. The first-order chi connectivity index (χ1) is 7.84. The molecule has 0 aliphatic carbocycles. The summed E-state index contributed by atoms with van der Waals surface area (Å²) in [5, 5.41) is 3.22. The third kappa shape index (κ3) is 5.45. The fourth-order valence-electron chi connectivity index (χ4n) is 2.11. The number of carbonyl (C=O) groups excluding carboxylic acids is 1. The summed E-state index contributed by atoms with van der Waals surface area (Å²) in [6, 6.07) is 0.108. The van der Waals surface area contributed by atoms with Gasteiger partial charge in [-0.2, -0.15) is 0 Å². The summed E-state index contributed by atoms with van der Waals surface area (Å²) in [6.07, 6.45) is 13.5. The standard InChI is InChI=1S/C14H25NO/c1-2-3-4-5-6-7-8-11-14(16)13-10-9-12-15-13/h8,11,13,15H,2-7,9-10,12H2,1H3/b11-8+. The normalized spacial score (nSPS) is 20.7. The van der Waals surface area contributed by atoms with E-state index >= 15 is 0 Å². The van der Waals surface area contributed by atoms with Crippen molar-refractivity contribution in [2.45, 2.75) is 64.3 Å². The van der Waals surface area contributed by atoms with Crippen LogP contribution in [-0.2, 0) is 4.79 Å². The van der Waals surface area contributed by atoms with E-state index in [1.165, 1.54) is 32.1 Å². The molecular weight excluding hydrogens is 198 g/mol. The van der Waals surface area contributed by atoms with E-state index < -0.39 is 0 Å². The summed E-state index contributed by atoms with van der Waals surface area (Å²) in [4.78, 5) is 11.6. The molecule has 1 heterocycles. The molecule has 1 aliphatic heterocycles. The Morgan fingerprint density at radius 3 is 2.81 bits per heavy atom. The van der Waals surface area contributed by atoms with Crippen molar-refractivity contribution in [3.8, 4) is 0 Å². The molecule has 0 amide bonds. The molecule has 16 heavy (non-hydrogen) atoms. The van der Waals surface area contributed by atoms with Gasteiger partial charge < -0.3 is 5.32 Å². The third-order valence-electron chi connectivity index (χ3n) is 3.16. The lowest BCUT2D eigenvalue weighted by atomic mass is 10.1. The maximum absolute atomic E-state index is 11.6. The molecule has 1 saturated heterocycles. The van der Waals surface area contributed by atoms with Crippen molar-refractivity contribution in [2.75, 3.05) is 6.54 Å². The largest absolute Gasteiger partial charge is 0.307 e. The van der Waals surface area contributed by atoms with Crippen molar-refractivity contribution in [1.29, 1.82) is 0 Å². The smallest absolute Gasteiger partial charge is 0.172 e. The van der Waals surface area contributed by atoms with Gasteiger partial charge in [0, 0.05) is 0 Å². The van der Waals surface area contributed by atoms with Crippen molar-refractivity contribution < 1.29 is 4.79 Å². The molecule has 0 aromatic carbocycles. The van der Waals surface area contributed by atoms with Crippen LogP contribution in [0, 0.1) is 0 Å². The monoisotopic (exact) mass is 223 g/mol. The van der Waals surface area contributed by atoms with Crippen LogP contribution in [0.15, 0.2) is 12.2 Å².